The van der Waals surface area contributed by atoms with Crippen molar-refractivity contribution in [3.63, 3.8) is 0 Å². The number of aliphatic carboxylic acids is 1. The first-order valence-corrected chi connectivity index (χ1v) is 10.3. The normalized spacial score (nSPS) is 16.8. The molecule has 1 rings (SSSR count). The van der Waals surface area contributed by atoms with Crippen molar-refractivity contribution in [3.8, 4) is 0 Å². The van der Waals surface area contributed by atoms with Crippen LogP contribution in [0.4, 0.5) is 4.79 Å². The molecule has 0 unspecified atom stereocenters. The van der Waals surface area contributed by atoms with Crippen LogP contribution in [0.25, 0.3) is 0 Å². The minimum absolute atomic E-state index is 0.0666. The maximum Gasteiger partial charge on any atom is 0.413 e. The van der Waals surface area contributed by atoms with E-state index in [1.54, 1.807) is 30.1 Å². The maximum absolute atomic E-state index is 12.3. The highest BCUT2D eigenvalue weighted by Gasteiger charge is 2.24. The van der Waals surface area contributed by atoms with Gasteiger partial charge in [-0.1, -0.05) is 37.3 Å². The fourth-order valence-electron chi connectivity index (χ4n) is 3.18. The Labute approximate surface area is 175 Å². The van der Waals surface area contributed by atoms with Crippen LogP contribution in [0.3, 0.4) is 0 Å². The summed E-state index contributed by atoms with van der Waals surface area (Å²) in [5.41, 5.74) is 2.58. The number of rotatable bonds is 10. The lowest BCUT2D eigenvalue weighted by molar-refractivity contribution is -0.136. The van der Waals surface area contributed by atoms with Gasteiger partial charge in [-0.2, -0.15) is 0 Å². The van der Waals surface area contributed by atoms with Gasteiger partial charge >= 0.3 is 12.1 Å². The molecule has 0 radical (unpaired) electrons. The van der Waals surface area contributed by atoms with Crippen LogP contribution < -0.4 is 0 Å². The quantitative estimate of drug-likeness (QED) is 0.425. The molecule has 0 aromatic heterocycles. The largest absolute Gasteiger partial charge is 0.481 e. The number of carboxylic acid groups (broad SMARTS) is 1. The van der Waals surface area contributed by atoms with Crippen molar-refractivity contribution in [2.45, 2.75) is 46.5 Å². The summed E-state index contributed by atoms with van der Waals surface area (Å²) in [5, 5.41) is 8.95. The predicted molar refractivity (Wildman–Crippen MR) is 117 cm³/mol. The third kappa shape index (κ3) is 9.13. The molecule has 1 saturated heterocycles. The van der Waals surface area contributed by atoms with Gasteiger partial charge < -0.3 is 9.84 Å². The van der Waals surface area contributed by atoms with Crippen molar-refractivity contribution in [1.82, 2.24) is 9.80 Å². The van der Waals surface area contributed by atoms with Crippen LogP contribution in [0.5, 0.6) is 0 Å². The molecule has 1 fully saturated rings. The number of likely N-dealkylation sites (tertiary alicyclic amines) is 1. The molecule has 162 valence electrons. The number of allylic oxidation sites excluding steroid dienone is 4. The number of carbonyl (C=O) groups excluding carboxylic acids is 1. The lowest BCUT2D eigenvalue weighted by Gasteiger charge is -2.34. The molecule has 1 amide bonds. The smallest absolute Gasteiger partial charge is 0.413 e. The van der Waals surface area contributed by atoms with E-state index in [0.29, 0.717) is 23.7 Å². The zero-order valence-electron chi connectivity index (χ0n) is 18.3. The Morgan fingerprint density at radius 1 is 1.28 bits per heavy atom. The third-order valence-electron chi connectivity index (χ3n) is 5.36. The molecule has 6 heteroatoms. The van der Waals surface area contributed by atoms with Gasteiger partial charge in [-0.15, -0.1) is 0 Å². The molecule has 0 bridgehead atoms. The van der Waals surface area contributed by atoms with Crippen molar-refractivity contribution in [2.75, 3.05) is 33.3 Å². The van der Waals surface area contributed by atoms with Gasteiger partial charge in [0.05, 0.1) is 13.5 Å². The number of ether oxygens (including phenoxy) is 1. The van der Waals surface area contributed by atoms with Crippen LogP contribution in [-0.4, -0.2) is 60.3 Å². The summed E-state index contributed by atoms with van der Waals surface area (Å²) in [6, 6.07) is 0. The van der Waals surface area contributed by atoms with Crippen LogP contribution in [0.2, 0.25) is 0 Å². The molecule has 0 spiro atoms. The highest BCUT2D eigenvalue weighted by molar-refractivity contribution is 5.72. The summed E-state index contributed by atoms with van der Waals surface area (Å²) >= 11 is 0. The SMILES string of the molecule is C=C(/C=C\C(=C/C)CC(=O)O)N(CC1CCN(C/C=C(\C)CC)CC1)C(=O)OC. The summed E-state index contributed by atoms with van der Waals surface area (Å²) in [5.74, 6) is -0.513. The highest BCUT2D eigenvalue weighted by Crippen LogP contribution is 2.21. The molecule has 1 aliphatic rings. The van der Waals surface area contributed by atoms with Gasteiger partial charge in [0, 0.05) is 18.8 Å². The van der Waals surface area contributed by atoms with E-state index in [4.69, 9.17) is 9.84 Å². The number of piperidine rings is 1. The molecule has 0 aromatic rings. The lowest BCUT2D eigenvalue weighted by atomic mass is 9.96. The Morgan fingerprint density at radius 3 is 2.45 bits per heavy atom. The highest BCUT2D eigenvalue weighted by atomic mass is 16.5. The molecule has 6 nitrogen and oxygen atoms in total. The van der Waals surface area contributed by atoms with Crippen LogP contribution in [0.15, 0.2) is 47.7 Å². The molecule has 0 saturated carbocycles. The number of methoxy groups -OCH3 is 1. The van der Waals surface area contributed by atoms with E-state index in [-0.39, 0.29) is 6.42 Å². The average Bonchev–Trinajstić information content (AvgIpc) is 2.72. The first-order valence-electron chi connectivity index (χ1n) is 10.3. The van der Waals surface area contributed by atoms with E-state index in [0.717, 1.165) is 38.9 Å². The van der Waals surface area contributed by atoms with Gasteiger partial charge in [0.15, 0.2) is 0 Å². The molecular weight excluding hydrogens is 368 g/mol. The third-order valence-corrected chi connectivity index (χ3v) is 5.36. The van der Waals surface area contributed by atoms with E-state index in [1.165, 1.54) is 12.7 Å². The van der Waals surface area contributed by atoms with Gasteiger partial charge in [-0.25, -0.2) is 4.79 Å². The second-order valence-electron chi connectivity index (χ2n) is 7.49. The fourth-order valence-corrected chi connectivity index (χ4v) is 3.18. The molecule has 29 heavy (non-hydrogen) atoms. The van der Waals surface area contributed by atoms with Crippen molar-refractivity contribution >= 4 is 12.1 Å². The van der Waals surface area contributed by atoms with Crippen LogP contribution in [0, 0.1) is 5.92 Å². The standard InChI is InChI=1S/C23H36N2O4/c1-6-18(3)10-13-24-14-11-21(12-15-24)17-25(23(28)29-5)19(4)8-9-20(7-2)16-22(26)27/h7-10,21H,4,6,11-17H2,1-3,5H3,(H,26,27)/b9-8-,18-10+,20-7+. The minimum atomic E-state index is -0.895. The average molecular weight is 405 g/mol. The van der Waals surface area contributed by atoms with E-state index in [1.807, 2.05) is 0 Å². The monoisotopic (exact) mass is 404 g/mol. The number of hydrogen-bond acceptors (Lipinski definition) is 4. The Hall–Kier alpha value is -2.34. The van der Waals surface area contributed by atoms with Gasteiger partial charge in [0.1, 0.15) is 0 Å². The zero-order valence-corrected chi connectivity index (χ0v) is 18.3. The second-order valence-corrected chi connectivity index (χ2v) is 7.49. The first kappa shape index (κ1) is 24.7. The van der Waals surface area contributed by atoms with Crippen LogP contribution >= 0.6 is 0 Å². The topological polar surface area (TPSA) is 70.1 Å². The zero-order chi connectivity index (χ0) is 21.8. The number of nitrogens with zero attached hydrogens (tertiary/aromatic N) is 2. The Balaban J connectivity index is 2.67. The van der Waals surface area contributed by atoms with Gasteiger partial charge in [0.2, 0.25) is 0 Å². The summed E-state index contributed by atoms with van der Waals surface area (Å²) in [7, 11) is 1.36. The van der Waals surface area contributed by atoms with E-state index < -0.39 is 12.1 Å². The summed E-state index contributed by atoms with van der Waals surface area (Å²) in [4.78, 5) is 27.2. The Kier molecular flexibility index (Phi) is 11.1. The molecular formula is C23H36N2O4. The lowest BCUT2D eigenvalue weighted by Crippen LogP contribution is -2.40. The Bertz CT molecular complexity index is 656. The molecule has 0 atom stereocenters. The Morgan fingerprint density at radius 2 is 1.93 bits per heavy atom. The van der Waals surface area contributed by atoms with Crippen molar-refractivity contribution in [1.29, 1.82) is 0 Å². The molecule has 0 aliphatic carbocycles. The summed E-state index contributed by atoms with van der Waals surface area (Å²) in [6.45, 7) is 13.7. The van der Waals surface area contributed by atoms with E-state index in [9.17, 15) is 9.59 Å². The van der Waals surface area contributed by atoms with E-state index in [2.05, 4.69) is 31.4 Å². The number of hydrogen-bond donors (Lipinski definition) is 1. The number of amides is 1. The summed E-state index contributed by atoms with van der Waals surface area (Å²) in [6.07, 6.45) is 10.0. The van der Waals surface area contributed by atoms with E-state index >= 15 is 0 Å². The molecule has 1 heterocycles. The molecule has 0 aromatic carbocycles. The van der Waals surface area contributed by atoms with Crippen molar-refractivity contribution in [3.05, 3.63) is 47.7 Å². The number of carboxylic acids is 1. The summed E-state index contributed by atoms with van der Waals surface area (Å²) < 4.78 is 4.94. The maximum atomic E-state index is 12.3. The van der Waals surface area contributed by atoms with Gasteiger partial charge in [-0.05, 0) is 63.8 Å². The predicted octanol–water partition coefficient (Wildman–Crippen LogP) is 4.61. The van der Waals surface area contributed by atoms with Gasteiger partial charge in [-0.3, -0.25) is 14.6 Å². The fraction of sp³-hybridized carbons (Fsp3) is 0.565. The van der Waals surface area contributed by atoms with Crippen molar-refractivity contribution < 1.29 is 19.4 Å². The van der Waals surface area contributed by atoms with Crippen LogP contribution in [-0.2, 0) is 9.53 Å². The molecule has 1 N–H and O–H groups in total. The minimum Gasteiger partial charge on any atom is -0.481 e. The van der Waals surface area contributed by atoms with Gasteiger partial charge in [0.25, 0.3) is 0 Å². The van der Waals surface area contributed by atoms with Crippen LogP contribution in [0.1, 0.15) is 46.5 Å². The second kappa shape index (κ2) is 13.0. The van der Waals surface area contributed by atoms with Crippen molar-refractivity contribution in [2.24, 2.45) is 5.92 Å². The molecule has 1 aliphatic heterocycles. The first-order chi connectivity index (χ1) is 13.8. The number of carbonyl (C=O) groups is 2.